The SMILES string of the molecule is CCCCCC#CCc1ccc(C#Cc2ccc(C)c(F)c2)cc1. The summed E-state index contributed by atoms with van der Waals surface area (Å²) >= 11 is 0. The predicted molar refractivity (Wildman–Crippen MR) is 99.2 cm³/mol. The minimum atomic E-state index is -0.213. The maximum Gasteiger partial charge on any atom is 0.127 e. The Bertz CT molecular complexity index is 777. The summed E-state index contributed by atoms with van der Waals surface area (Å²) in [7, 11) is 0. The van der Waals surface area contributed by atoms with Crippen LogP contribution in [0, 0.1) is 36.4 Å². The average molecular weight is 318 g/mol. The molecule has 0 unspecified atom stereocenters. The fraction of sp³-hybridized carbons (Fsp3) is 0.304. The number of aryl methyl sites for hydroxylation is 1. The van der Waals surface area contributed by atoms with Crippen molar-refractivity contribution in [2.75, 3.05) is 0 Å². The number of unbranched alkanes of at least 4 members (excludes halogenated alkanes) is 3. The molecule has 0 N–H and O–H groups in total. The van der Waals surface area contributed by atoms with E-state index in [1.54, 1.807) is 13.0 Å². The van der Waals surface area contributed by atoms with Gasteiger partial charge in [-0.25, -0.2) is 4.39 Å². The predicted octanol–water partition coefficient (Wildman–Crippen LogP) is 5.66. The van der Waals surface area contributed by atoms with Gasteiger partial charge in [-0.15, -0.1) is 5.92 Å². The zero-order valence-electron chi connectivity index (χ0n) is 14.5. The molecule has 2 aromatic rings. The molecule has 0 aliphatic heterocycles. The Morgan fingerprint density at radius 1 is 0.875 bits per heavy atom. The highest BCUT2D eigenvalue weighted by atomic mass is 19.1. The van der Waals surface area contributed by atoms with E-state index in [2.05, 4.69) is 42.7 Å². The van der Waals surface area contributed by atoms with Gasteiger partial charge in [0.2, 0.25) is 0 Å². The lowest BCUT2D eigenvalue weighted by molar-refractivity contribution is 0.618. The third kappa shape index (κ3) is 5.94. The van der Waals surface area contributed by atoms with Gasteiger partial charge in [-0.05, 0) is 48.7 Å². The van der Waals surface area contributed by atoms with Crippen molar-refractivity contribution in [3.05, 3.63) is 70.5 Å². The van der Waals surface area contributed by atoms with Gasteiger partial charge in [0.05, 0.1) is 0 Å². The van der Waals surface area contributed by atoms with Crippen molar-refractivity contribution >= 4 is 0 Å². The van der Waals surface area contributed by atoms with Gasteiger partial charge in [0, 0.05) is 24.0 Å². The summed E-state index contributed by atoms with van der Waals surface area (Å²) < 4.78 is 13.5. The van der Waals surface area contributed by atoms with Gasteiger partial charge in [-0.2, -0.15) is 0 Å². The van der Waals surface area contributed by atoms with Crippen LogP contribution in [0.2, 0.25) is 0 Å². The zero-order valence-corrected chi connectivity index (χ0v) is 14.5. The Kier molecular flexibility index (Phi) is 7.13. The lowest BCUT2D eigenvalue weighted by Crippen LogP contribution is -1.84. The van der Waals surface area contributed by atoms with Crippen LogP contribution < -0.4 is 0 Å². The molecule has 0 radical (unpaired) electrons. The van der Waals surface area contributed by atoms with Gasteiger partial charge < -0.3 is 0 Å². The van der Waals surface area contributed by atoms with Crippen molar-refractivity contribution < 1.29 is 4.39 Å². The van der Waals surface area contributed by atoms with Crippen LogP contribution in [0.25, 0.3) is 0 Å². The molecule has 0 amide bonds. The van der Waals surface area contributed by atoms with Crippen LogP contribution in [0.3, 0.4) is 0 Å². The topological polar surface area (TPSA) is 0 Å². The summed E-state index contributed by atoms with van der Waals surface area (Å²) in [5, 5.41) is 0. The molecule has 2 aromatic carbocycles. The largest absolute Gasteiger partial charge is 0.207 e. The molecular weight excluding hydrogens is 295 g/mol. The van der Waals surface area contributed by atoms with E-state index in [1.165, 1.54) is 30.9 Å². The molecule has 0 heterocycles. The quantitative estimate of drug-likeness (QED) is 0.504. The molecule has 0 aliphatic rings. The number of benzene rings is 2. The fourth-order valence-electron chi connectivity index (χ4n) is 2.24. The minimum Gasteiger partial charge on any atom is -0.207 e. The van der Waals surface area contributed by atoms with Crippen molar-refractivity contribution in [2.24, 2.45) is 0 Å². The summed E-state index contributed by atoms with van der Waals surface area (Å²) in [6.45, 7) is 3.95. The second-order valence-corrected chi connectivity index (χ2v) is 5.90. The standard InChI is InChI=1S/C23H23F/c1-3-4-5-6-7-8-9-20-12-14-21(15-13-20)16-17-22-11-10-19(2)23(24)18-22/h10-15,18H,3-6,9H2,1-2H3. The van der Waals surface area contributed by atoms with Crippen molar-refractivity contribution in [1.82, 2.24) is 0 Å². The Morgan fingerprint density at radius 2 is 1.58 bits per heavy atom. The van der Waals surface area contributed by atoms with Crippen LogP contribution >= 0.6 is 0 Å². The molecule has 0 nitrogen and oxygen atoms in total. The molecule has 0 saturated heterocycles. The van der Waals surface area contributed by atoms with Crippen molar-refractivity contribution in [2.45, 2.75) is 46.0 Å². The molecule has 2 rings (SSSR count). The van der Waals surface area contributed by atoms with Crippen LogP contribution in [0.15, 0.2) is 42.5 Å². The Labute approximate surface area is 145 Å². The first-order valence-corrected chi connectivity index (χ1v) is 8.52. The van der Waals surface area contributed by atoms with E-state index in [1.807, 2.05) is 18.2 Å². The summed E-state index contributed by atoms with van der Waals surface area (Å²) in [6.07, 6.45) is 5.46. The summed E-state index contributed by atoms with van der Waals surface area (Å²) in [5.41, 5.74) is 3.46. The lowest BCUT2D eigenvalue weighted by atomic mass is 10.1. The van der Waals surface area contributed by atoms with Crippen LogP contribution in [0.5, 0.6) is 0 Å². The Hall–Kier alpha value is -2.51. The molecule has 0 fully saturated rings. The van der Waals surface area contributed by atoms with Gasteiger partial charge in [0.25, 0.3) is 0 Å². The maximum atomic E-state index is 13.5. The highest BCUT2D eigenvalue weighted by Crippen LogP contribution is 2.09. The second-order valence-electron chi connectivity index (χ2n) is 5.90. The molecule has 0 atom stereocenters. The van der Waals surface area contributed by atoms with Crippen LogP contribution in [-0.4, -0.2) is 0 Å². The normalized spacial score (nSPS) is 9.62. The number of halogens is 1. The number of hydrogen-bond donors (Lipinski definition) is 0. The van der Waals surface area contributed by atoms with E-state index >= 15 is 0 Å². The second kappa shape index (κ2) is 9.59. The molecule has 0 aromatic heterocycles. The summed E-state index contributed by atoms with van der Waals surface area (Å²) in [5.74, 6) is 12.3. The number of hydrogen-bond acceptors (Lipinski definition) is 0. The lowest BCUT2D eigenvalue weighted by Gasteiger charge is -1.97. The van der Waals surface area contributed by atoms with Crippen LogP contribution in [0.4, 0.5) is 4.39 Å². The Balaban J connectivity index is 1.92. The molecule has 1 heteroatoms. The van der Waals surface area contributed by atoms with Gasteiger partial charge in [0.1, 0.15) is 5.82 Å². The monoisotopic (exact) mass is 318 g/mol. The third-order valence-corrected chi connectivity index (χ3v) is 3.80. The van der Waals surface area contributed by atoms with E-state index in [0.717, 1.165) is 18.4 Å². The highest BCUT2D eigenvalue weighted by molar-refractivity contribution is 5.44. The minimum absolute atomic E-state index is 0.213. The average Bonchev–Trinajstić information content (AvgIpc) is 2.60. The van der Waals surface area contributed by atoms with Gasteiger partial charge in [0.15, 0.2) is 0 Å². The van der Waals surface area contributed by atoms with Crippen molar-refractivity contribution in [1.29, 1.82) is 0 Å². The van der Waals surface area contributed by atoms with Crippen molar-refractivity contribution in [3.8, 4) is 23.7 Å². The van der Waals surface area contributed by atoms with E-state index in [-0.39, 0.29) is 5.82 Å². The first-order valence-electron chi connectivity index (χ1n) is 8.52. The van der Waals surface area contributed by atoms with Gasteiger partial charge >= 0.3 is 0 Å². The molecule has 122 valence electrons. The third-order valence-electron chi connectivity index (χ3n) is 3.80. The summed E-state index contributed by atoms with van der Waals surface area (Å²) in [6, 6.07) is 13.2. The first-order chi connectivity index (χ1) is 11.7. The van der Waals surface area contributed by atoms with Gasteiger partial charge in [-0.3, -0.25) is 0 Å². The van der Waals surface area contributed by atoms with Crippen LogP contribution in [-0.2, 0) is 6.42 Å². The summed E-state index contributed by atoms with van der Waals surface area (Å²) in [4.78, 5) is 0. The van der Waals surface area contributed by atoms with Gasteiger partial charge in [-0.1, -0.05) is 55.7 Å². The fourth-order valence-corrected chi connectivity index (χ4v) is 2.24. The molecule has 0 aliphatic carbocycles. The van der Waals surface area contributed by atoms with E-state index in [4.69, 9.17) is 0 Å². The van der Waals surface area contributed by atoms with E-state index < -0.39 is 0 Å². The number of rotatable bonds is 4. The van der Waals surface area contributed by atoms with E-state index in [9.17, 15) is 4.39 Å². The highest BCUT2D eigenvalue weighted by Gasteiger charge is 1.96. The first kappa shape index (κ1) is 17.8. The zero-order chi connectivity index (χ0) is 17.2. The van der Waals surface area contributed by atoms with Crippen molar-refractivity contribution in [3.63, 3.8) is 0 Å². The molecular formula is C23H23F. The maximum absolute atomic E-state index is 13.5. The molecule has 0 saturated carbocycles. The van der Waals surface area contributed by atoms with E-state index in [0.29, 0.717) is 11.1 Å². The Morgan fingerprint density at radius 3 is 2.29 bits per heavy atom. The van der Waals surface area contributed by atoms with Crippen LogP contribution in [0.1, 0.15) is 54.9 Å². The molecule has 0 spiro atoms. The molecule has 24 heavy (non-hydrogen) atoms. The smallest absolute Gasteiger partial charge is 0.127 e. The molecule has 0 bridgehead atoms.